The van der Waals surface area contributed by atoms with Crippen LogP contribution in [0.25, 0.3) is 11.1 Å². The lowest BCUT2D eigenvalue weighted by molar-refractivity contribution is -0.122. The maximum Gasteiger partial charge on any atom is 0.420 e. The standard InChI is InChI=1S/C21H29N3O6S/c25-20(22-16-6-4-2-1-3-5-7-16)15-24-18-9-8-17(14-19(18)30-21(24)26)31(27,28)23-10-12-29-13-11-23/h8-9,14,16H,1-7,10-13,15H2,(H,22,25). The van der Waals surface area contributed by atoms with Crippen LogP contribution in [-0.2, 0) is 26.1 Å². The third-order valence-electron chi connectivity index (χ3n) is 6.02. The molecule has 0 spiro atoms. The number of hydrogen-bond donors (Lipinski definition) is 1. The number of amides is 1. The Morgan fingerprint density at radius 1 is 1.06 bits per heavy atom. The van der Waals surface area contributed by atoms with Gasteiger partial charge in [-0.3, -0.25) is 9.36 Å². The summed E-state index contributed by atoms with van der Waals surface area (Å²) in [5.41, 5.74) is 0.553. The number of nitrogens with zero attached hydrogens (tertiary/aromatic N) is 2. The third kappa shape index (κ3) is 5.02. The summed E-state index contributed by atoms with van der Waals surface area (Å²) in [6.07, 6.45) is 7.73. The second-order valence-corrected chi connectivity index (χ2v) is 10.1. The number of ether oxygens (including phenoxy) is 1. The maximum atomic E-state index is 12.9. The average molecular weight is 452 g/mol. The van der Waals surface area contributed by atoms with E-state index in [1.54, 1.807) is 0 Å². The molecular formula is C21H29N3O6S. The van der Waals surface area contributed by atoms with Gasteiger partial charge in [0.15, 0.2) is 5.58 Å². The fraction of sp³-hybridized carbons (Fsp3) is 0.619. The van der Waals surface area contributed by atoms with Gasteiger partial charge in [0, 0.05) is 25.2 Å². The molecule has 170 valence electrons. The lowest BCUT2D eigenvalue weighted by Crippen LogP contribution is -2.40. The Labute approximate surface area is 181 Å². The number of carbonyl (C=O) groups is 1. The largest absolute Gasteiger partial charge is 0.420 e. The molecule has 1 aliphatic carbocycles. The van der Waals surface area contributed by atoms with Crippen LogP contribution in [0.1, 0.15) is 44.9 Å². The highest BCUT2D eigenvalue weighted by Gasteiger charge is 2.27. The molecule has 0 radical (unpaired) electrons. The monoisotopic (exact) mass is 451 g/mol. The van der Waals surface area contributed by atoms with E-state index >= 15 is 0 Å². The summed E-state index contributed by atoms with van der Waals surface area (Å²) < 4.78 is 38.8. The smallest absolute Gasteiger partial charge is 0.408 e. The molecule has 31 heavy (non-hydrogen) atoms. The lowest BCUT2D eigenvalue weighted by Gasteiger charge is -2.25. The quantitative estimate of drug-likeness (QED) is 0.743. The molecule has 2 heterocycles. The molecule has 2 fully saturated rings. The van der Waals surface area contributed by atoms with Crippen LogP contribution in [0.4, 0.5) is 0 Å². The number of morpholine rings is 1. The first-order valence-electron chi connectivity index (χ1n) is 11.0. The Balaban J connectivity index is 1.50. The van der Waals surface area contributed by atoms with Crippen molar-refractivity contribution >= 4 is 27.0 Å². The number of aromatic nitrogens is 1. The van der Waals surface area contributed by atoms with Gasteiger partial charge in [0.1, 0.15) is 6.54 Å². The number of fused-ring (bicyclic) bond motifs is 1. The Kier molecular flexibility index (Phi) is 6.78. The predicted molar refractivity (Wildman–Crippen MR) is 114 cm³/mol. The maximum absolute atomic E-state index is 12.9. The summed E-state index contributed by atoms with van der Waals surface area (Å²) in [5.74, 6) is -0.913. The van der Waals surface area contributed by atoms with Crippen LogP contribution in [-0.4, -0.2) is 55.5 Å². The van der Waals surface area contributed by atoms with Crippen molar-refractivity contribution in [2.24, 2.45) is 0 Å². The zero-order valence-corrected chi connectivity index (χ0v) is 18.4. The van der Waals surface area contributed by atoms with Gasteiger partial charge in [-0.25, -0.2) is 13.2 Å². The van der Waals surface area contributed by atoms with Crippen molar-refractivity contribution < 1.29 is 22.4 Å². The zero-order chi connectivity index (χ0) is 21.8. The second-order valence-electron chi connectivity index (χ2n) is 8.21. The van der Waals surface area contributed by atoms with Gasteiger partial charge in [-0.15, -0.1) is 0 Å². The number of oxazole rings is 1. The summed E-state index contributed by atoms with van der Waals surface area (Å²) in [5, 5.41) is 3.04. The topological polar surface area (TPSA) is 111 Å². The van der Waals surface area contributed by atoms with Crippen molar-refractivity contribution in [2.75, 3.05) is 26.3 Å². The fourth-order valence-corrected chi connectivity index (χ4v) is 5.73. The minimum absolute atomic E-state index is 0.0572. The van der Waals surface area contributed by atoms with Crippen LogP contribution in [0.2, 0.25) is 0 Å². The molecule has 9 nitrogen and oxygen atoms in total. The Bertz CT molecular complexity index is 1080. The molecule has 1 N–H and O–H groups in total. The highest BCUT2D eigenvalue weighted by molar-refractivity contribution is 7.89. The molecular weight excluding hydrogens is 422 g/mol. The number of carbonyl (C=O) groups excluding carboxylic acids is 1. The Morgan fingerprint density at radius 2 is 1.74 bits per heavy atom. The summed E-state index contributed by atoms with van der Waals surface area (Å²) in [6, 6.07) is 4.46. The van der Waals surface area contributed by atoms with Crippen LogP contribution in [0.3, 0.4) is 0 Å². The molecule has 1 aromatic heterocycles. The number of nitrogens with one attached hydrogen (secondary N) is 1. The van der Waals surface area contributed by atoms with Crippen LogP contribution < -0.4 is 11.1 Å². The van der Waals surface area contributed by atoms with Crippen molar-refractivity contribution in [2.45, 2.75) is 62.4 Å². The summed E-state index contributed by atoms with van der Waals surface area (Å²) in [7, 11) is -3.70. The minimum Gasteiger partial charge on any atom is -0.408 e. The van der Waals surface area contributed by atoms with Gasteiger partial charge < -0.3 is 14.5 Å². The Hall–Kier alpha value is -2.17. The van der Waals surface area contributed by atoms with E-state index in [1.165, 1.54) is 46.3 Å². The van der Waals surface area contributed by atoms with Crippen LogP contribution in [0.5, 0.6) is 0 Å². The van der Waals surface area contributed by atoms with E-state index in [9.17, 15) is 18.0 Å². The van der Waals surface area contributed by atoms with E-state index in [-0.39, 0.29) is 42.1 Å². The number of benzene rings is 1. The van der Waals surface area contributed by atoms with Crippen molar-refractivity contribution in [3.63, 3.8) is 0 Å². The Morgan fingerprint density at radius 3 is 2.45 bits per heavy atom. The van der Waals surface area contributed by atoms with E-state index in [0.717, 1.165) is 25.7 Å². The van der Waals surface area contributed by atoms with Crippen molar-refractivity contribution in [3.8, 4) is 0 Å². The van der Waals surface area contributed by atoms with E-state index in [1.807, 2.05) is 0 Å². The first kappa shape index (κ1) is 22.0. The zero-order valence-electron chi connectivity index (χ0n) is 17.5. The van der Waals surface area contributed by atoms with Crippen molar-refractivity contribution in [3.05, 3.63) is 28.7 Å². The highest BCUT2D eigenvalue weighted by Crippen LogP contribution is 2.22. The van der Waals surface area contributed by atoms with Crippen LogP contribution >= 0.6 is 0 Å². The molecule has 2 aromatic rings. The third-order valence-corrected chi connectivity index (χ3v) is 7.91. The first-order chi connectivity index (χ1) is 14.9. The number of hydrogen-bond acceptors (Lipinski definition) is 6. The van der Waals surface area contributed by atoms with Gasteiger partial charge in [0.25, 0.3) is 0 Å². The molecule has 4 rings (SSSR count). The molecule has 10 heteroatoms. The molecule has 1 saturated carbocycles. The fourth-order valence-electron chi connectivity index (χ4n) is 4.31. The van der Waals surface area contributed by atoms with Gasteiger partial charge in [-0.05, 0) is 25.0 Å². The predicted octanol–water partition coefficient (Wildman–Crippen LogP) is 1.84. The molecule has 0 unspecified atom stereocenters. The summed E-state index contributed by atoms with van der Waals surface area (Å²) >= 11 is 0. The average Bonchev–Trinajstić information content (AvgIpc) is 3.05. The van der Waals surface area contributed by atoms with Gasteiger partial charge in [-0.1, -0.05) is 32.1 Å². The van der Waals surface area contributed by atoms with E-state index < -0.39 is 15.8 Å². The first-order valence-corrected chi connectivity index (χ1v) is 12.4. The van der Waals surface area contributed by atoms with Crippen LogP contribution in [0.15, 0.2) is 32.3 Å². The van der Waals surface area contributed by atoms with E-state index in [2.05, 4.69) is 5.32 Å². The van der Waals surface area contributed by atoms with Gasteiger partial charge >= 0.3 is 5.76 Å². The van der Waals surface area contributed by atoms with E-state index in [4.69, 9.17) is 9.15 Å². The molecule has 0 atom stereocenters. The van der Waals surface area contributed by atoms with Gasteiger partial charge in [0.05, 0.1) is 23.6 Å². The number of rotatable bonds is 5. The summed E-state index contributed by atoms with van der Waals surface area (Å²) in [6.45, 7) is 1.11. The number of sulfonamides is 1. The molecule has 1 amide bonds. The molecule has 1 aliphatic heterocycles. The van der Waals surface area contributed by atoms with Gasteiger partial charge in [-0.2, -0.15) is 4.31 Å². The normalized spacial score (nSPS) is 19.7. The lowest BCUT2D eigenvalue weighted by atomic mass is 9.97. The van der Waals surface area contributed by atoms with Crippen molar-refractivity contribution in [1.82, 2.24) is 14.2 Å². The molecule has 0 bridgehead atoms. The minimum atomic E-state index is -3.70. The van der Waals surface area contributed by atoms with Crippen molar-refractivity contribution in [1.29, 1.82) is 0 Å². The second kappa shape index (κ2) is 9.54. The molecule has 2 aliphatic rings. The SMILES string of the molecule is O=C(Cn1c(=O)oc2cc(S(=O)(=O)N3CCOCC3)ccc21)NC1CCCCCCC1. The van der Waals surface area contributed by atoms with Crippen LogP contribution in [0, 0.1) is 0 Å². The molecule has 1 aromatic carbocycles. The highest BCUT2D eigenvalue weighted by atomic mass is 32.2. The molecule has 1 saturated heterocycles. The summed E-state index contributed by atoms with van der Waals surface area (Å²) in [4.78, 5) is 25.0. The van der Waals surface area contributed by atoms with E-state index in [0.29, 0.717) is 18.7 Å². The van der Waals surface area contributed by atoms with Gasteiger partial charge in [0.2, 0.25) is 15.9 Å².